The van der Waals surface area contributed by atoms with Gasteiger partial charge in [-0.25, -0.2) is 0 Å². The fourth-order valence-corrected chi connectivity index (χ4v) is 2.91. The first-order chi connectivity index (χ1) is 8.22. The van der Waals surface area contributed by atoms with E-state index in [1.54, 1.807) is 0 Å². The summed E-state index contributed by atoms with van der Waals surface area (Å²) in [5.74, 6) is 0. The number of hydrogen-bond donors (Lipinski definition) is 1. The van der Waals surface area contributed by atoms with Crippen molar-refractivity contribution in [1.82, 2.24) is 0 Å². The van der Waals surface area contributed by atoms with Crippen molar-refractivity contribution < 1.29 is 4.80 Å². The summed E-state index contributed by atoms with van der Waals surface area (Å²) in [5, 5.41) is 0.118. The molecule has 0 unspecified atom stereocenters. The van der Waals surface area contributed by atoms with Crippen molar-refractivity contribution >= 4 is 24.2 Å². The molecule has 0 bridgehead atoms. The van der Waals surface area contributed by atoms with Crippen LogP contribution >= 0.6 is 15.9 Å². The van der Waals surface area contributed by atoms with Gasteiger partial charge in [0.2, 0.25) is 0 Å². The van der Waals surface area contributed by atoms with Crippen molar-refractivity contribution in [3.63, 3.8) is 0 Å². The minimum absolute atomic E-state index is 0.118. The van der Waals surface area contributed by atoms with E-state index >= 15 is 0 Å². The van der Waals surface area contributed by atoms with E-state index < -0.39 is 8.32 Å². The molecule has 0 heterocycles. The fraction of sp³-hybridized carbons (Fsp3) is 0.600. The van der Waals surface area contributed by atoms with Crippen LogP contribution in [0.1, 0.15) is 38.7 Å². The van der Waals surface area contributed by atoms with Crippen LogP contribution < -0.4 is 0 Å². The molecule has 0 spiro atoms. The molecule has 102 valence electrons. The second kappa shape index (κ2) is 6.35. The largest absolute Gasteiger partial charge is 0.432 e. The smallest absolute Gasteiger partial charge is 0.188 e. The summed E-state index contributed by atoms with van der Waals surface area (Å²) in [6.07, 6.45) is 4.66. The lowest BCUT2D eigenvalue weighted by Gasteiger charge is -2.35. The average Bonchev–Trinajstić information content (AvgIpc) is 2.25. The summed E-state index contributed by atoms with van der Waals surface area (Å²) in [6.45, 7) is 8.50. The molecule has 0 aliphatic carbocycles. The molecule has 3 heteroatoms. The van der Waals surface area contributed by atoms with Gasteiger partial charge in [0.25, 0.3) is 0 Å². The van der Waals surface area contributed by atoms with Gasteiger partial charge in [-0.05, 0) is 55.1 Å². The first kappa shape index (κ1) is 15.9. The zero-order chi connectivity index (χ0) is 13.8. The maximum Gasteiger partial charge on any atom is 0.188 e. The van der Waals surface area contributed by atoms with Crippen LogP contribution in [-0.2, 0) is 6.42 Å². The molecule has 18 heavy (non-hydrogen) atoms. The number of aryl methyl sites for hydroxylation is 1. The highest BCUT2D eigenvalue weighted by molar-refractivity contribution is 9.10. The molecule has 0 aliphatic rings. The molecule has 1 N–H and O–H groups in total. The molecule has 0 saturated carbocycles. The predicted octanol–water partition coefficient (Wildman–Crippen LogP) is 5.14. The summed E-state index contributed by atoms with van der Waals surface area (Å²) < 4.78 is 1.14. The van der Waals surface area contributed by atoms with E-state index in [2.05, 4.69) is 54.0 Å². The molecule has 0 radical (unpaired) electrons. The molecule has 1 aromatic rings. The normalized spacial score (nSPS) is 12.8. The minimum Gasteiger partial charge on any atom is -0.432 e. The highest BCUT2D eigenvalue weighted by Crippen LogP contribution is 2.40. The minimum atomic E-state index is -2.03. The zero-order valence-electron chi connectivity index (χ0n) is 12.0. The van der Waals surface area contributed by atoms with Crippen molar-refractivity contribution in [2.75, 3.05) is 0 Å². The summed E-state index contributed by atoms with van der Waals surface area (Å²) in [4.78, 5) is 10.2. The highest BCUT2D eigenvalue weighted by atomic mass is 79.9. The van der Waals surface area contributed by atoms with Gasteiger partial charge in [-0.2, -0.15) is 0 Å². The third kappa shape index (κ3) is 4.86. The van der Waals surface area contributed by atoms with Crippen LogP contribution in [0.25, 0.3) is 0 Å². The molecule has 0 aromatic heterocycles. The number of unbranched alkanes of at least 4 members (excludes halogenated alkanes) is 1. The van der Waals surface area contributed by atoms with E-state index in [0.29, 0.717) is 0 Å². The summed E-state index contributed by atoms with van der Waals surface area (Å²) in [7, 11) is -2.03. The van der Waals surface area contributed by atoms with Crippen molar-refractivity contribution in [1.29, 1.82) is 0 Å². The molecule has 0 aliphatic heterocycles. The Hall–Kier alpha value is -0.123. The molecule has 0 fully saturated rings. The standard InChI is InChI=1S/C15H25BrOSi/c1-15(2,18(3,4)17)12-6-5-7-13-8-10-14(16)11-9-13/h8-11,17H,5-7,12H2,1-4H3. The van der Waals surface area contributed by atoms with E-state index in [9.17, 15) is 4.80 Å². The Morgan fingerprint density at radius 3 is 2.17 bits per heavy atom. The van der Waals surface area contributed by atoms with Crippen molar-refractivity contribution in [2.45, 2.75) is 57.7 Å². The Bertz CT molecular complexity index is 365. The van der Waals surface area contributed by atoms with E-state index in [0.717, 1.165) is 17.3 Å². The zero-order valence-corrected chi connectivity index (χ0v) is 14.5. The van der Waals surface area contributed by atoms with Crippen molar-refractivity contribution in [3.8, 4) is 0 Å². The van der Waals surface area contributed by atoms with Gasteiger partial charge in [-0.15, -0.1) is 0 Å². The Labute approximate surface area is 121 Å². The quantitative estimate of drug-likeness (QED) is 0.566. The predicted molar refractivity (Wildman–Crippen MR) is 85.4 cm³/mol. The summed E-state index contributed by atoms with van der Waals surface area (Å²) in [5.41, 5.74) is 1.40. The second-order valence-corrected chi connectivity index (χ2v) is 11.7. The number of benzene rings is 1. The highest BCUT2D eigenvalue weighted by Gasteiger charge is 2.37. The molecule has 1 rings (SSSR count). The molecule has 0 atom stereocenters. The third-order valence-corrected chi connectivity index (χ3v) is 8.18. The van der Waals surface area contributed by atoms with Gasteiger partial charge in [-0.1, -0.05) is 48.3 Å². The monoisotopic (exact) mass is 328 g/mol. The molecule has 0 amide bonds. The van der Waals surface area contributed by atoms with Crippen LogP contribution in [0.3, 0.4) is 0 Å². The third-order valence-electron chi connectivity index (χ3n) is 4.09. The second-order valence-electron chi connectivity index (χ2n) is 6.28. The van der Waals surface area contributed by atoms with E-state index in [-0.39, 0.29) is 5.04 Å². The van der Waals surface area contributed by atoms with Crippen LogP contribution in [0.5, 0.6) is 0 Å². The van der Waals surface area contributed by atoms with Gasteiger partial charge in [0.15, 0.2) is 8.32 Å². The van der Waals surface area contributed by atoms with Gasteiger partial charge in [0.1, 0.15) is 0 Å². The Morgan fingerprint density at radius 1 is 1.11 bits per heavy atom. The lowest BCUT2D eigenvalue weighted by atomic mass is 10.0. The number of hydrogen-bond acceptors (Lipinski definition) is 1. The molecular formula is C15H25BrOSi. The lowest BCUT2D eigenvalue weighted by Crippen LogP contribution is -2.38. The molecule has 1 nitrogen and oxygen atoms in total. The van der Waals surface area contributed by atoms with Crippen molar-refractivity contribution in [3.05, 3.63) is 34.3 Å². The lowest BCUT2D eigenvalue weighted by molar-refractivity contribution is 0.438. The fourth-order valence-electron chi connectivity index (χ4n) is 1.85. The van der Waals surface area contributed by atoms with Gasteiger partial charge in [0.05, 0.1) is 0 Å². The SMILES string of the molecule is CC(C)(CCCCc1ccc(Br)cc1)[Si](C)(C)O. The van der Waals surface area contributed by atoms with Gasteiger partial charge in [-0.3, -0.25) is 0 Å². The summed E-state index contributed by atoms with van der Waals surface area (Å²) in [6, 6.07) is 8.56. The topological polar surface area (TPSA) is 20.2 Å². The Balaban J connectivity index is 2.33. The number of halogens is 1. The molecule has 0 saturated heterocycles. The van der Waals surface area contributed by atoms with E-state index in [4.69, 9.17) is 0 Å². The maximum atomic E-state index is 10.2. The van der Waals surface area contributed by atoms with Crippen LogP contribution in [0.15, 0.2) is 28.7 Å². The van der Waals surface area contributed by atoms with E-state index in [1.807, 2.05) is 13.1 Å². The molecular weight excluding hydrogens is 304 g/mol. The number of rotatable bonds is 6. The first-order valence-corrected chi connectivity index (χ1v) is 10.4. The van der Waals surface area contributed by atoms with Crippen LogP contribution in [0.2, 0.25) is 18.1 Å². The maximum absolute atomic E-state index is 10.2. The van der Waals surface area contributed by atoms with Crippen LogP contribution in [-0.4, -0.2) is 13.1 Å². The van der Waals surface area contributed by atoms with Gasteiger partial charge < -0.3 is 4.80 Å². The van der Waals surface area contributed by atoms with Gasteiger partial charge in [0, 0.05) is 4.47 Å². The van der Waals surface area contributed by atoms with Crippen LogP contribution in [0, 0.1) is 0 Å². The first-order valence-electron chi connectivity index (χ1n) is 6.69. The summed E-state index contributed by atoms with van der Waals surface area (Å²) >= 11 is 3.45. The molecule has 1 aromatic carbocycles. The Kier molecular flexibility index (Phi) is 5.62. The Morgan fingerprint density at radius 2 is 1.67 bits per heavy atom. The van der Waals surface area contributed by atoms with E-state index in [1.165, 1.54) is 18.4 Å². The van der Waals surface area contributed by atoms with Crippen LogP contribution in [0.4, 0.5) is 0 Å². The van der Waals surface area contributed by atoms with Crippen molar-refractivity contribution in [2.24, 2.45) is 0 Å². The average molecular weight is 329 g/mol. The van der Waals surface area contributed by atoms with Gasteiger partial charge >= 0.3 is 0 Å².